The summed E-state index contributed by atoms with van der Waals surface area (Å²) in [5.41, 5.74) is 1.34. The number of carboxylic acids is 1. The maximum absolute atomic E-state index is 10.5. The van der Waals surface area contributed by atoms with E-state index in [0.717, 1.165) is 0 Å². The zero-order chi connectivity index (χ0) is 11.4. The first-order chi connectivity index (χ1) is 7.08. The maximum atomic E-state index is 10.5. The highest BCUT2D eigenvalue weighted by Crippen LogP contribution is 2.24. The molecule has 0 bridgehead atoms. The summed E-state index contributed by atoms with van der Waals surface area (Å²) in [6.07, 6.45) is 0.355. The Morgan fingerprint density at radius 3 is 2.67 bits per heavy atom. The summed E-state index contributed by atoms with van der Waals surface area (Å²) in [4.78, 5) is 10.5. The third-order valence-electron chi connectivity index (χ3n) is 2.12. The molecule has 15 heavy (non-hydrogen) atoms. The number of aliphatic carboxylic acids is 1. The van der Waals surface area contributed by atoms with Crippen LogP contribution in [0.2, 0.25) is 0 Å². The van der Waals surface area contributed by atoms with E-state index < -0.39 is 5.97 Å². The van der Waals surface area contributed by atoms with E-state index in [9.17, 15) is 9.90 Å². The average Bonchev–Trinajstić information content (AvgIpc) is 2.15. The lowest BCUT2D eigenvalue weighted by atomic mass is 10.00. The number of nitrogens with zero attached hydrogens (tertiary/aromatic N) is 1. The molecule has 0 saturated carbocycles. The highest BCUT2D eigenvalue weighted by molar-refractivity contribution is 5.71. The molecule has 0 radical (unpaired) electrons. The minimum absolute atomic E-state index is 0.00667. The molecule has 1 rings (SSSR count). The molecule has 2 N–H and O–H groups in total. The van der Waals surface area contributed by atoms with Crippen LogP contribution in [0, 0.1) is 11.3 Å². The Labute approximate surface area is 87.4 Å². The van der Waals surface area contributed by atoms with Crippen molar-refractivity contribution in [3.63, 3.8) is 0 Å². The van der Waals surface area contributed by atoms with Crippen molar-refractivity contribution in [2.45, 2.75) is 19.8 Å². The zero-order valence-corrected chi connectivity index (χ0v) is 8.32. The van der Waals surface area contributed by atoms with Crippen LogP contribution < -0.4 is 0 Å². The largest absolute Gasteiger partial charge is 0.508 e. The molecule has 0 heterocycles. The van der Waals surface area contributed by atoms with Gasteiger partial charge in [0.1, 0.15) is 5.75 Å². The van der Waals surface area contributed by atoms with Crippen molar-refractivity contribution in [1.29, 1.82) is 5.26 Å². The number of phenols is 1. The second-order valence-electron chi connectivity index (χ2n) is 3.18. The van der Waals surface area contributed by atoms with E-state index in [0.29, 0.717) is 23.1 Å². The summed E-state index contributed by atoms with van der Waals surface area (Å²) in [6.45, 7) is 1.83. The van der Waals surface area contributed by atoms with Gasteiger partial charge in [-0.3, -0.25) is 4.79 Å². The molecule has 0 fully saturated rings. The molecule has 0 amide bonds. The molecule has 0 aliphatic carbocycles. The minimum atomic E-state index is -0.984. The maximum Gasteiger partial charge on any atom is 0.307 e. The van der Waals surface area contributed by atoms with Gasteiger partial charge in [-0.25, -0.2) is 0 Å². The average molecular weight is 205 g/mol. The molecule has 78 valence electrons. The van der Waals surface area contributed by atoms with E-state index in [1.165, 1.54) is 12.1 Å². The molecule has 1 aromatic carbocycles. The van der Waals surface area contributed by atoms with Gasteiger partial charge in [0.2, 0.25) is 0 Å². The quantitative estimate of drug-likeness (QED) is 0.782. The highest BCUT2D eigenvalue weighted by atomic mass is 16.4. The Hall–Kier alpha value is -2.02. The normalized spacial score (nSPS) is 9.60. The Kier molecular flexibility index (Phi) is 3.29. The van der Waals surface area contributed by atoms with Crippen LogP contribution in [0.3, 0.4) is 0 Å². The van der Waals surface area contributed by atoms with E-state index in [4.69, 9.17) is 10.4 Å². The van der Waals surface area contributed by atoms with Crippen molar-refractivity contribution >= 4 is 5.97 Å². The van der Waals surface area contributed by atoms with E-state index in [-0.39, 0.29) is 12.2 Å². The smallest absolute Gasteiger partial charge is 0.307 e. The molecule has 0 aliphatic heterocycles. The topological polar surface area (TPSA) is 81.3 Å². The number of aromatic hydroxyl groups is 1. The van der Waals surface area contributed by atoms with Crippen LogP contribution in [0.4, 0.5) is 0 Å². The van der Waals surface area contributed by atoms with E-state index >= 15 is 0 Å². The SMILES string of the molecule is CCc1c(O)cc(CC(=O)O)cc1C#N. The monoisotopic (exact) mass is 205 g/mol. The number of nitriles is 1. The number of benzene rings is 1. The van der Waals surface area contributed by atoms with Crippen LogP contribution >= 0.6 is 0 Å². The van der Waals surface area contributed by atoms with Crippen molar-refractivity contribution < 1.29 is 15.0 Å². The van der Waals surface area contributed by atoms with Gasteiger partial charge >= 0.3 is 5.97 Å². The van der Waals surface area contributed by atoms with Crippen LogP contribution in [-0.2, 0) is 17.6 Å². The molecule has 0 unspecified atom stereocenters. The number of phenolic OH excluding ortho intramolecular Hbond substituents is 1. The summed E-state index contributed by atoms with van der Waals surface area (Å²) in [5, 5.41) is 27.0. The zero-order valence-electron chi connectivity index (χ0n) is 8.32. The number of hydrogen-bond donors (Lipinski definition) is 2. The number of hydrogen-bond acceptors (Lipinski definition) is 3. The van der Waals surface area contributed by atoms with Crippen LogP contribution in [0.15, 0.2) is 12.1 Å². The molecular weight excluding hydrogens is 194 g/mol. The predicted octanol–water partition coefficient (Wildman–Crippen LogP) is 1.45. The second kappa shape index (κ2) is 4.47. The summed E-state index contributed by atoms with van der Waals surface area (Å²) in [5.74, 6) is -0.990. The Morgan fingerprint density at radius 1 is 1.53 bits per heavy atom. The van der Waals surface area contributed by atoms with Crippen molar-refractivity contribution in [1.82, 2.24) is 0 Å². The van der Waals surface area contributed by atoms with Gasteiger partial charge in [0.05, 0.1) is 18.1 Å². The molecule has 0 saturated heterocycles. The second-order valence-corrected chi connectivity index (χ2v) is 3.18. The minimum Gasteiger partial charge on any atom is -0.508 e. The highest BCUT2D eigenvalue weighted by Gasteiger charge is 2.10. The van der Waals surface area contributed by atoms with Crippen LogP contribution in [-0.4, -0.2) is 16.2 Å². The summed E-state index contributed by atoms with van der Waals surface area (Å²) >= 11 is 0. The van der Waals surface area contributed by atoms with Gasteiger partial charge in [0, 0.05) is 5.56 Å². The van der Waals surface area contributed by atoms with Crippen molar-refractivity contribution in [2.24, 2.45) is 0 Å². The van der Waals surface area contributed by atoms with Crippen LogP contribution in [0.5, 0.6) is 5.75 Å². The fraction of sp³-hybridized carbons (Fsp3) is 0.273. The van der Waals surface area contributed by atoms with Gasteiger partial charge in [-0.05, 0) is 24.1 Å². The number of carboxylic acid groups (broad SMARTS) is 1. The molecule has 0 spiro atoms. The van der Waals surface area contributed by atoms with Crippen LogP contribution in [0.25, 0.3) is 0 Å². The summed E-state index contributed by atoms with van der Waals surface area (Å²) in [6, 6.07) is 4.85. The fourth-order valence-electron chi connectivity index (χ4n) is 1.46. The van der Waals surface area contributed by atoms with E-state index in [1.54, 1.807) is 0 Å². The first kappa shape index (κ1) is 11.1. The van der Waals surface area contributed by atoms with Gasteiger partial charge in [-0.1, -0.05) is 6.92 Å². The molecule has 0 aliphatic rings. The third kappa shape index (κ3) is 2.47. The van der Waals surface area contributed by atoms with E-state index in [1.807, 2.05) is 13.0 Å². The summed E-state index contributed by atoms with van der Waals surface area (Å²) < 4.78 is 0. The van der Waals surface area contributed by atoms with Crippen LogP contribution in [0.1, 0.15) is 23.6 Å². The summed E-state index contributed by atoms with van der Waals surface area (Å²) in [7, 11) is 0. The third-order valence-corrected chi connectivity index (χ3v) is 2.12. The number of carbonyl (C=O) groups is 1. The molecule has 4 heteroatoms. The molecule has 1 aromatic rings. The van der Waals surface area contributed by atoms with Crippen molar-refractivity contribution in [3.05, 3.63) is 28.8 Å². The fourth-order valence-corrected chi connectivity index (χ4v) is 1.46. The Morgan fingerprint density at radius 2 is 2.20 bits per heavy atom. The van der Waals surface area contributed by atoms with Gasteiger partial charge in [-0.2, -0.15) is 5.26 Å². The van der Waals surface area contributed by atoms with Gasteiger partial charge in [0.25, 0.3) is 0 Å². The predicted molar refractivity (Wildman–Crippen MR) is 53.5 cm³/mol. The lowest BCUT2D eigenvalue weighted by Crippen LogP contribution is -2.01. The molecule has 0 atom stereocenters. The molecule has 4 nitrogen and oxygen atoms in total. The molecule has 0 aromatic heterocycles. The standard InChI is InChI=1S/C11H11NO3/c1-2-9-8(6-12)3-7(4-10(9)13)5-11(14)15/h3-4,13H,2,5H2,1H3,(H,14,15). The van der Waals surface area contributed by atoms with E-state index in [2.05, 4.69) is 0 Å². The molecular formula is C11H11NO3. The van der Waals surface area contributed by atoms with Crippen molar-refractivity contribution in [2.75, 3.05) is 0 Å². The van der Waals surface area contributed by atoms with Gasteiger partial charge in [0.15, 0.2) is 0 Å². The lowest BCUT2D eigenvalue weighted by Gasteiger charge is -2.06. The lowest BCUT2D eigenvalue weighted by molar-refractivity contribution is -0.136. The number of rotatable bonds is 3. The van der Waals surface area contributed by atoms with Gasteiger partial charge in [-0.15, -0.1) is 0 Å². The van der Waals surface area contributed by atoms with Gasteiger partial charge < -0.3 is 10.2 Å². The first-order valence-electron chi connectivity index (χ1n) is 4.55. The van der Waals surface area contributed by atoms with Crippen molar-refractivity contribution in [3.8, 4) is 11.8 Å². The Bertz CT molecular complexity index is 432. The Balaban J connectivity index is 3.21. The first-order valence-corrected chi connectivity index (χ1v) is 4.55.